The first-order valence-electron chi connectivity index (χ1n) is 10.8. The van der Waals surface area contributed by atoms with Gasteiger partial charge < -0.3 is 31.4 Å². The minimum atomic E-state index is -0.124. The summed E-state index contributed by atoms with van der Waals surface area (Å²) in [5.41, 5.74) is 23.7. The van der Waals surface area contributed by atoms with Crippen molar-refractivity contribution in [1.29, 1.82) is 0 Å². The fourth-order valence-electron chi connectivity index (χ4n) is 3.67. The molecule has 1 heterocycles. The van der Waals surface area contributed by atoms with Gasteiger partial charge in [-0.2, -0.15) is 0 Å². The lowest BCUT2D eigenvalue weighted by Gasteiger charge is -2.13. The van der Waals surface area contributed by atoms with Gasteiger partial charge in [0.2, 0.25) is 5.71 Å². The zero-order valence-corrected chi connectivity index (χ0v) is 19.2. The van der Waals surface area contributed by atoms with Crippen LogP contribution in [0.4, 0.5) is 22.7 Å². The maximum Gasteiger partial charge on any atom is 0.261 e. The summed E-state index contributed by atoms with van der Waals surface area (Å²) >= 11 is 0. The first-order valence-corrected chi connectivity index (χ1v) is 10.8. The molecule has 0 saturated heterocycles. The summed E-state index contributed by atoms with van der Waals surface area (Å²) in [6, 6.07) is 11.3. The number of benzene rings is 2. The number of fused-ring (bicyclic) bond motifs is 1. The van der Waals surface area contributed by atoms with Gasteiger partial charge in [-0.1, -0.05) is 0 Å². The highest BCUT2D eigenvalue weighted by atomic mass is 16.7. The standard InChI is InChI=1S/C24H35N4O4/c1-17-24(2,3)22-15-19(25)4-5-23(22)28(17)32-11-10-30-7-6-29-8-9-31-16-18-12-20(26)14-21(27)13-18/h4-5,12-15H,6-11,16,25-27H2,1-3H3/q+1. The van der Waals surface area contributed by atoms with E-state index in [1.54, 1.807) is 6.07 Å². The molecule has 2 aromatic carbocycles. The summed E-state index contributed by atoms with van der Waals surface area (Å²) in [4.78, 5) is 5.99. The van der Waals surface area contributed by atoms with Crippen molar-refractivity contribution in [3.8, 4) is 0 Å². The largest absolute Gasteiger partial charge is 0.399 e. The minimum absolute atomic E-state index is 0.124. The number of hydrogen-bond donors (Lipinski definition) is 3. The molecule has 8 nitrogen and oxygen atoms in total. The Bertz CT molecular complexity index is 939. The van der Waals surface area contributed by atoms with Crippen LogP contribution in [0.2, 0.25) is 0 Å². The van der Waals surface area contributed by atoms with Crippen LogP contribution in [0.25, 0.3) is 0 Å². The maximum atomic E-state index is 5.99. The molecule has 0 saturated carbocycles. The summed E-state index contributed by atoms with van der Waals surface area (Å²) < 4.78 is 18.6. The van der Waals surface area contributed by atoms with Crippen LogP contribution < -0.4 is 17.2 Å². The van der Waals surface area contributed by atoms with E-state index in [-0.39, 0.29) is 5.41 Å². The van der Waals surface area contributed by atoms with E-state index in [4.69, 9.17) is 36.2 Å². The van der Waals surface area contributed by atoms with Gasteiger partial charge in [0, 0.05) is 40.4 Å². The quantitative estimate of drug-likeness (QED) is 0.262. The first kappa shape index (κ1) is 23.8. The fourth-order valence-corrected chi connectivity index (χ4v) is 3.67. The zero-order valence-electron chi connectivity index (χ0n) is 19.2. The van der Waals surface area contributed by atoms with Gasteiger partial charge >= 0.3 is 0 Å². The molecule has 1 aliphatic heterocycles. The summed E-state index contributed by atoms with van der Waals surface area (Å²) in [6.45, 7) is 9.78. The molecule has 3 rings (SSSR count). The molecule has 0 spiro atoms. The van der Waals surface area contributed by atoms with E-state index >= 15 is 0 Å². The summed E-state index contributed by atoms with van der Waals surface area (Å²) in [5, 5.41) is 0. The topological polar surface area (TPSA) is 118 Å². The van der Waals surface area contributed by atoms with Crippen molar-refractivity contribution in [2.75, 3.05) is 56.8 Å². The van der Waals surface area contributed by atoms with E-state index in [1.807, 2.05) is 35.1 Å². The van der Waals surface area contributed by atoms with Crippen molar-refractivity contribution in [2.45, 2.75) is 32.8 Å². The Balaban J connectivity index is 1.27. The van der Waals surface area contributed by atoms with Crippen LogP contribution in [-0.4, -0.2) is 50.1 Å². The predicted octanol–water partition coefficient (Wildman–Crippen LogP) is 3.01. The second kappa shape index (κ2) is 10.7. The number of nitrogens with two attached hydrogens (primary N) is 3. The van der Waals surface area contributed by atoms with E-state index in [2.05, 4.69) is 20.8 Å². The van der Waals surface area contributed by atoms with Crippen molar-refractivity contribution in [1.82, 2.24) is 0 Å². The highest BCUT2D eigenvalue weighted by Gasteiger charge is 2.45. The van der Waals surface area contributed by atoms with Gasteiger partial charge in [0.15, 0.2) is 6.61 Å². The van der Waals surface area contributed by atoms with Crippen LogP contribution in [0, 0.1) is 0 Å². The van der Waals surface area contributed by atoms with Crippen LogP contribution in [0.3, 0.4) is 0 Å². The molecule has 0 unspecified atom stereocenters. The van der Waals surface area contributed by atoms with Gasteiger partial charge in [0.1, 0.15) is 0 Å². The second-order valence-corrected chi connectivity index (χ2v) is 8.40. The lowest BCUT2D eigenvalue weighted by molar-refractivity contribution is -0.728. The molecular formula is C24H35N4O4+. The highest BCUT2D eigenvalue weighted by Crippen LogP contribution is 2.40. The summed E-state index contributed by atoms with van der Waals surface area (Å²) in [6.07, 6.45) is 0. The van der Waals surface area contributed by atoms with Gasteiger partial charge in [0.05, 0.1) is 45.1 Å². The molecule has 0 radical (unpaired) electrons. The Morgan fingerprint density at radius 1 is 0.750 bits per heavy atom. The Hall–Kier alpha value is -2.81. The van der Waals surface area contributed by atoms with Gasteiger partial charge in [-0.15, -0.1) is 0 Å². The molecule has 32 heavy (non-hydrogen) atoms. The third kappa shape index (κ3) is 5.91. The number of nitrogen functional groups attached to an aromatic ring is 3. The monoisotopic (exact) mass is 443 g/mol. The molecule has 2 aromatic rings. The molecular weight excluding hydrogens is 408 g/mol. The van der Waals surface area contributed by atoms with Crippen molar-refractivity contribution >= 4 is 28.5 Å². The molecule has 174 valence electrons. The van der Waals surface area contributed by atoms with Gasteiger partial charge in [-0.3, -0.25) is 4.84 Å². The Morgan fingerprint density at radius 2 is 1.34 bits per heavy atom. The van der Waals surface area contributed by atoms with E-state index in [1.165, 1.54) is 5.56 Å². The first-order chi connectivity index (χ1) is 15.3. The predicted molar refractivity (Wildman–Crippen MR) is 127 cm³/mol. The van der Waals surface area contributed by atoms with Crippen LogP contribution >= 0.6 is 0 Å². The summed E-state index contributed by atoms with van der Waals surface area (Å²) in [5.74, 6) is 0. The number of rotatable bonds is 12. The average Bonchev–Trinajstić information content (AvgIpc) is 2.91. The van der Waals surface area contributed by atoms with E-state index in [0.717, 1.165) is 22.6 Å². The minimum Gasteiger partial charge on any atom is -0.399 e. The van der Waals surface area contributed by atoms with Gasteiger partial charge in [-0.25, -0.2) is 0 Å². The molecule has 6 N–H and O–H groups in total. The van der Waals surface area contributed by atoms with Crippen LogP contribution in [0.5, 0.6) is 0 Å². The second-order valence-electron chi connectivity index (χ2n) is 8.40. The molecule has 0 bridgehead atoms. The van der Waals surface area contributed by atoms with Crippen LogP contribution in [0.15, 0.2) is 36.4 Å². The van der Waals surface area contributed by atoms with Gasteiger partial charge in [0.25, 0.3) is 5.69 Å². The number of ether oxygens (including phenoxy) is 3. The van der Waals surface area contributed by atoms with Crippen molar-refractivity contribution < 1.29 is 23.8 Å². The lowest BCUT2D eigenvalue weighted by Crippen LogP contribution is -2.27. The number of anilines is 3. The molecule has 0 fully saturated rings. The molecule has 1 aliphatic rings. The normalized spacial score (nSPS) is 14.6. The van der Waals surface area contributed by atoms with E-state index in [9.17, 15) is 0 Å². The number of nitrogens with zero attached hydrogens (tertiary/aromatic N) is 1. The third-order valence-corrected chi connectivity index (χ3v) is 5.62. The lowest BCUT2D eigenvalue weighted by atomic mass is 9.82. The summed E-state index contributed by atoms with van der Waals surface area (Å²) in [7, 11) is 0. The van der Waals surface area contributed by atoms with E-state index < -0.39 is 0 Å². The van der Waals surface area contributed by atoms with Gasteiger partial charge in [-0.05, 0) is 49.7 Å². The van der Waals surface area contributed by atoms with Crippen molar-refractivity contribution in [2.24, 2.45) is 0 Å². The number of hydrogen-bond acceptors (Lipinski definition) is 7. The zero-order chi connectivity index (χ0) is 23.1. The molecule has 0 aromatic heterocycles. The molecule has 0 atom stereocenters. The van der Waals surface area contributed by atoms with Crippen LogP contribution in [-0.2, 0) is 31.1 Å². The van der Waals surface area contributed by atoms with Crippen molar-refractivity contribution in [3.63, 3.8) is 0 Å². The Morgan fingerprint density at radius 3 is 2.00 bits per heavy atom. The third-order valence-electron chi connectivity index (χ3n) is 5.62. The Kier molecular flexibility index (Phi) is 7.95. The molecule has 0 aliphatic carbocycles. The highest BCUT2D eigenvalue weighted by molar-refractivity contribution is 5.93. The van der Waals surface area contributed by atoms with Crippen molar-refractivity contribution in [3.05, 3.63) is 47.5 Å². The smallest absolute Gasteiger partial charge is 0.261 e. The average molecular weight is 444 g/mol. The van der Waals surface area contributed by atoms with E-state index in [0.29, 0.717) is 57.6 Å². The fraction of sp³-hybridized carbons (Fsp3) is 0.458. The molecule has 0 amide bonds. The maximum absolute atomic E-state index is 5.99. The van der Waals surface area contributed by atoms with Crippen LogP contribution in [0.1, 0.15) is 31.9 Å². The molecule has 8 heteroatoms. The Labute approximate surface area is 189 Å². The SMILES string of the molecule is CC1=[N+](OCCOCCOCCOCc2cc(N)cc(N)c2)c2ccc(N)cc2C1(C)C.